The molecule has 1 amide bonds. The number of anilines is 1. The van der Waals surface area contributed by atoms with Crippen molar-refractivity contribution in [1.82, 2.24) is 4.72 Å². The van der Waals surface area contributed by atoms with E-state index in [2.05, 4.69) is 10.8 Å². The zero-order chi connectivity index (χ0) is 19.7. The summed E-state index contributed by atoms with van der Waals surface area (Å²) < 4.78 is 28.3. The maximum Gasteiger partial charge on any atom is 0.258 e. The minimum atomic E-state index is -3.62. The highest BCUT2D eigenvalue weighted by Crippen LogP contribution is 2.32. The van der Waals surface area contributed by atoms with Gasteiger partial charge in [-0.15, -0.1) is 0 Å². The monoisotopic (exact) mass is 398 g/mol. The van der Waals surface area contributed by atoms with Gasteiger partial charge >= 0.3 is 0 Å². The van der Waals surface area contributed by atoms with Crippen molar-refractivity contribution in [2.75, 3.05) is 11.4 Å². The van der Waals surface area contributed by atoms with Gasteiger partial charge in [0.25, 0.3) is 5.91 Å². The van der Waals surface area contributed by atoms with E-state index in [0.29, 0.717) is 12.1 Å². The molecular formula is C22H26N2O3S. The van der Waals surface area contributed by atoms with Crippen molar-refractivity contribution in [3.8, 4) is 0 Å². The predicted octanol–water partition coefficient (Wildman–Crippen LogP) is 3.81. The van der Waals surface area contributed by atoms with Crippen molar-refractivity contribution in [3.63, 3.8) is 0 Å². The Hall–Kier alpha value is -2.18. The van der Waals surface area contributed by atoms with E-state index in [4.69, 9.17) is 0 Å². The molecule has 5 nitrogen and oxygen atoms in total. The third-order valence-corrected chi connectivity index (χ3v) is 7.25. The first-order valence-electron chi connectivity index (χ1n) is 9.98. The van der Waals surface area contributed by atoms with Gasteiger partial charge in [0.15, 0.2) is 0 Å². The first-order chi connectivity index (χ1) is 13.5. The fourth-order valence-corrected chi connectivity index (χ4v) is 5.68. The van der Waals surface area contributed by atoms with Crippen LogP contribution in [-0.2, 0) is 16.4 Å². The largest absolute Gasteiger partial charge is 0.308 e. The van der Waals surface area contributed by atoms with Gasteiger partial charge < -0.3 is 4.90 Å². The predicted molar refractivity (Wildman–Crippen MR) is 110 cm³/mol. The van der Waals surface area contributed by atoms with Gasteiger partial charge in [0.05, 0.1) is 10.6 Å². The van der Waals surface area contributed by atoms with Crippen molar-refractivity contribution >= 4 is 21.6 Å². The highest BCUT2D eigenvalue weighted by atomic mass is 32.2. The van der Waals surface area contributed by atoms with Crippen LogP contribution in [0.3, 0.4) is 0 Å². The van der Waals surface area contributed by atoms with E-state index in [1.54, 1.807) is 23.1 Å². The summed E-state index contributed by atoms with van der Waals surface area (Å²) in [5.74, 6) is -0.145. The molecule has 0 spiro atoms. The van der Waals surface area contributed by atoms with Crippen LogP contribution in [0.5, 0.6) is 0 Å². The quantitative estimate of drug-likeness (QED) is 0.852. The second-order valence-corrected chi connectivity index (χ2v) is 9.49. The topological polar surface area (TPSA) is 66.5 Å². The fourth-order valence-electron chi connectivity index (χ4n) is 4.33. The summed E-state index contributed by atoms with van der Waals surface area (Å²) in [6.07, 6.45) is 5.73. The zero-order valence-electron chi connectivity index (χ0n) is 16.1. The molecule has 0 radical (unpaired) electrons. The average molecular weight is 399 g/mol. The number of amides is 1. The van der Waals surface area contributed by atoms with Gasteiger partial charge in [0.2, 0.25) is 10.0 Å². The molecule has 0 bridgehead atoms. The van der Waals surface area contributed by atoms with Crippen LogP contribution in [0.4, 0.5) is 5.69 Å². The maximum absolute atomic E-state index is 13.2. The van der Waals surface area contributed by atoms with Crippen LogP contribution in [0.25, 0.3) is 0 Å². The third-order valence-electron chi connectivity index (χ3n) is 5.73. The second-order valence-electron chi connectivity index (χ2n) is 7.77. The molecule has 1 fully saturated rings. The molecule has 1 saturated carbocycles. The molecule has 0 aromatic heterocycles. The number of para-hydroxylation sites is 1. The van der Waals surface area contributed by atoms with E-state index in [0.717, 1.165) is 49.8 Å². The minimum absolute atomic E-state index is 0.000906. The van der Waals surface area contributed by atoms with Crippen molar-refractivity contribution in [1.29, 1.82) is 0 Å². The van der Waals surface area contributed by atoms with Crippen LogP contribution in [0.1, 0.15) is 53.6 Å². The van der Waals surface area contributed by atoms with Crippen LogP contribution in [0.15, 0.2) is 47.4 Å². The Kier molecular flexibility index (Phi) is 5.25. The number of hydrogen-bond acceptors (Lipinski definition) is 3. The summed E-state index contributed by atoms with van der Waals surface area (Å²) in [6.45, 7) is 2.66. The summed E-state index contributed by atoms with van der Waals surface area (Å²) in [4.78, 5) is 15.2. The molecule has 0 atom stereocenters. The third kappa shape index (κ3) is 3.71. The van der Waals surface area contributed by atoms with E-state index < -0.39 is 10.0 Å². The van der Waals surface area contributed by atoms with E-state index in [-0.39, 0.29) is 16.8 Å². The lowest BCUT2D eigenvalue weighted by molar-refractivity contribution is 0.0984. The SMILES string of the molecule is Cc1cccc2c1N(C(=O)c1cccc(S(=O)(=O)NC3CCCC3)c1)CCC2. The number of aryl methyl sites for hydroxylation is 2. The van der Waals surface area contributed by atoms with Crippen molar-refractivity contribution < 1.29 is 13.2 Å². The van der Waals surface area contributed by atoms with Gasteiger partial charge in [0.1, 0.15) is 0 Å². The number of carbonyl (C=O) groups excluding carboxylic acids is 1. The molecule has 1 heterocycles. The van der Waals surface area contributed by atoms with E-state index in [9.17, 15) is 13.2 Å². The minimum Gasteiger partial charge on any atom is -0.308 e. The Morgan fingerprint density at radius 2 is 1.82 bits per heavy atom. The van der Waals surface area contributed by atoms with Gasteiger partial charge in [-0.05, 0) is 61.9 Å². The van der Waals surface area contributed by atoms with Crippen LogP contribution in [0, 0.1) is 6.92 Å². The Labute approximate surface area is 166 Å². The molecule has 1 aliphatic carbocycles. The number of sulfonamides is 1. The second kappa shape index (κ2) is 7.68. The van der Waals surface area contributed by atoms with Crippen molar-refractivity contribution in [3.05, 3.63) is 59.2 Å². The van der Waals surface area contributed by atoms with Crippen molar-refractivity contribution in [2.24, 2.45) is 0 Å². The van der Waals surface area contributed by atoms with Gasteiger partial charge in [-0.2, -0.15) is 0 Å². The Balaban J connectivity index is 1.63. The summed E-state index contributed by atoms with van der Waals surface area (Å²) >= 11 is 0. The van der Waals surface area contributed by atoms with E-state index >= 15 is 0 Å². The van der Waals surface area contributed by atoms with Gasteiger partial charge in [-0.25, -0.2) is 13.1 Å². The lowest BCUT2D eigenvalue weighted by Gasteiger charge is -2.31. The van der Waals surface area contributed by atoms with Crippen LogP contribution in [-0.4, -0.2) is 26.9 Å². The number of carbonyl (C=O) groups is 1. The number of benzene rings is 2. The van der Waals surface area contributed by atoms with Crippen LogP contribution in [0.2, 0.25) is 0 Å². The lowest BCUT2D eigenvalue weighted by Crippen LogP contribution is -2.36. The van der Waals surface area contributed by atoms with Gasteiger partial charge in [-0.3, -0.25) is 4.79 Å². The average Bonchev–Trinajstić information content (AvgIpc) is 3.20. The maximum atomic E-state index is 13.2. The van der Waals surface area contributed by atoms with E-state index in [1.165, 1.54) is 11.6 Å². The summed E-state index contributed by atoms with van der Waals surface area (Å²) in [5.41, 5.74) is 3.62. The number of rotatable bonds is 4. The molecular weight excluding hydrogens is 372 g/mol. The molecule has 2 aliphatic rings. The number of nitrogens with one attached hydrogen (secondary N) is 1. The molecule has 4 rings (SSSR count). The Bertz CT molecular complexity index is 995. The summed E-state index contributed by atoms with van der Waals surface area (Å²) in [6, 6.07) is 12.5. The van der Waals surface area contributed by atoms with Crippen LogP contribution >= 0.6 is 0 Å². The molecule has 0 saturated heterocycles. The van der Waals surface area contributed by atoms with Gasteiger partial charge in [0, 0.05) is 18.2 Å². The highest BCUT2D eigenvalue weighted by Gasteiger charge is 2.27. The Morgan fingerprint density at radius 1 is 1.07 bits per heavy atom. The first-order valence-corrected chi connectivity index (χ1v) is 11.5. The normalized spacial score (nSPS) is 17.5. The molecule has 28 heavy (non-hydrogen) atoms. The summed E-state index contributed by atoms with van der Waals surface area (Å²) in [7, 11) is -3.62. The summed E-state index contributed by atoms with van der Waals surface area (Å²) in [5, 5.41) is 0. The number of fused-ring (bicyclic) bond motifs is 1. The zero-order valence-corrected chi connectivity index (χ0v) is 17.0. The molecule has 2 aromatic carbocycles. The Morgan fingerprint density at radius 3 is 2.61 bits per heavy atom. The molecule has 2 aromatic rings. The van der Waals surface area contributed by atoms with Crippen LogP contribution < -0.4 is 9.62 Å². The van der Waals surface area contributed by atoms with Gasteiger partial charge in [-0.1, -0.05) is 37.1 Å². The fraction of sp³-hybridized carbons (Fsp3) is 0.409. The number of nitrogens with zero attached hydrogens (tertiary/aromatic N) is 1. The van der Waals surface area contributed by atoms with E-state index in [1.807, 2.05) is 19.1 Å². The molecule has 0 unspecified atom stereocenters. The molecule has 6 heteroatoms. The smallest absolute Gasteiger partial charge is 0.258 e. The molecule has 1 aliphatic heterocycles. The number of hydrogen-bond donors (Lipinski definition) is 1. The highest BCUT2D eigenvalue weighted by molar-refractivity contribution is 7.89. The van der Waals surface area contributed by atoms with Crippen molar-refractivity contribution in [2.45, 2.75) is 56.4 Å². The standard InChI is InChI=1S/C22H26N2O3S/c1-16-7-4-8-17-10-6-14-24(21(16)17)22(25)18-9-5-13-20(15-18)28(26,27)23-19-11-2-3-12-19/h4-5,7-9,13,15,19,23H,2-3,6,10-12,14H2,1H3. The molecule has 148 valence electrons. The molecule has 1 N–H and O–H groups in total. The first kappa shape index (κ1) is 19.2. The lowest BCUT2D eigenvalue weighted by atomic mass is 9.97.